The fourth-order valence-corrected chi connectivity index (χ4v) is 8.75. The number of hydrogen-bond donors (Lipinski definition) is 3. The summed E-state index contributed by atoms with van der Waals surface area (Å²) < 4.78 is 54.1. The lowest BCUT2D eigenvalue weighted by atomic mass is 10.1. The minimum Gasteiger partial charge on any atom is -0.368 e. The lowest BCUT2D eigenvalue weighted by Gasteiger charge is -2.31. The van der Waals surface area contributed by atoms with E-state index in [1.54, 1.807) is 0 Å². The van der Waals surface area contributed by atoms with E-state index in [0.29, 0.717) is 13.2 Å². The molecule has 0 spiro atoms. The Morgan fingerprint density at radius 1 is 0.640 bits per heavy atom. The van der Waals surface area contributed by atoms with E-state index in [-0.39, 0.29) is 6.61 Å². The highest BCUT2D eigenvalue weighted by atomic mass is 31.2. The van der Waals surface area contributed by atoms with Gasteiger partial charge in [-0.05, 0) is 107 Å². The molecule has 0 radical (unpaired) electrons. The normalized spacial score (nSPS) is 24.7. The molecule has 0 amide bonds. The first-order valence-corrected chi connectivity index (χ1v) is 21.6. The van der Waals surface area contributed by atoms with Crippen LogP contribution in [0.5, 0.6) is 0 Å². The maximum atomic E-state index is 12.4. The third-order valence-corrected chi connectivity index (χ3v) is 12.4. The van der Waals surface area contributed by atoms with E-state index < -0.39 is 57.9 Å². The van der Waals surface area contributed by atoms with Crippen LogP contribution in [-0.4, -0.2) is 77.5 Å². The molecule has 2 aliphatic rings. The number of allylic oxidation sites excluding steroid dienone is 10. The first-order valence-electron chi connectivity index (χ1n) is 17.8. The van der Waals surface area contributed by atoms with E-state index >= 15 is 0 Å². The predicted octanol–water partition coefficient (Wildman–Crippen LogP) is 9.10. The average molecular weight is 743 g/mol. The van der Waals surface area contributed by atoms with Crippen LogP contribution in [0.3, 0.4) is 0 Å². The summed E-state index contributed by atoms with van der Waals surface area (Å²) in [4.78, 5) is 28.5. The molecule has 0 saturated carbocycles. The first-order chi connectivity index (χ1) is 23.5. The monoisotopic (exact) mass is 742 g/mol. The molecule has 1 unspecified atom stereocenters. The second-order valence-corrected chi connectivity index (χ2v) is 18.7. The number of hydrogen-bond acceptors (Lipinski definition) is 7. The van der Waals surface area contributed by atoms with E-state index in [1.165, 1.54) is 33.4 Å². The molecule has 0 aromatic heterocycles. The van der Waals surface area contributed by atoms with Crippen molar-refractivity contribution in [3.8, 4) is 0 Å². The molecule has 2 fully saturated rings. The van der Waals surface area contributed by atoms with Crippen molar-refractivity contribution in [1.82, 2.24) is 0 Å². The highest BCUT2D eigenvalue weighted by Crippen LogP contribution is 2.55. The summed E-state index contributed by atoms with van der Waals surface area (Å²) in [5.74, 6) is -1.15. The topological polar surface area (TPSA) is 141 Å². The van der Waals surface area contributed by atoms with Gasteiger partial charge in [0.05, 0.1) is 19.8 Å². The van der Waals surface area contributed by atoms with Gasteiger partial charge in [0, 0.05) is 0 Å². The maximum Gasteiger partial charge on any atom is 0.335 e. The van der Waals surface area contributed by atoms with Crippen molar-refractivity contribution in [3.05, 3.63) is 69.9 Å². The Hall–Kier alpha value is -1.42. The lowest BCUT2D eigenvalue weighted by Crippen LogP contribution is -2.44. The fraction of sp³-hybridized carbons (Fsp3) is 0.684. The Bertz CT molecular complexity index is 1330. The minimum absolute atomic E-state index is 0.0628. The molecule has 286 valence electrons. The van der Waals surface area contributed by atoms with Gasteiger partial charge in [-0.2, -0.15) is 0 Å². The smallest absolute Gasteiger partial charge is 0.335 e. The zero-order valence-corrected chi connectivity index (χ0v) is 33.4. The molecular formula is C38H64O10P2. The van der Waals surface area contributed by atoms with Crippen molar-refractivity contribution < 1.29 is 47.5 Å². The summed E-state index contributed by atoms with van der Waals surface area (Å²) in [7, 11) is -8.96. The van der Waals surface area contributed by atoms with Gasteiger partial charge in [-0.3, -0.25) is 9.13 Å². The Balaban J connectivity index is 2.03. The number of ether oxygens (including phenoxy) is 5. The summed E-state index contributed by atoms with van der Waals surface area (Å²) in [6.45, 7) is 17.7. The van der Waals surface area contributed by atoms with E-state index in [1.807, 2.05) is 6.08 Å². The molecule has 10 nitrogen and oxygen atoms in total. The average Bonchev–Trinajstić information content (AvgIpc) is 3.25. The number of rotatable bonds is 23. The molecule has 2 rings (SSSR count). The van der Waals surface area contributed by atoms with Gasteiger partial charge in [-0.15, -0.1) is 0 Å². The van der Waals surface area contributed by atoms with E-state index in [9.17, 15) is 23.8 Å². The lowest BCUT2D eigenvalue weighted by molar-refractivity contribution is -0.243. The zero-order chi connectivity index (χ0) is 37.3. The van der Waals surface area contributed by atoms with Crippen LogP contribution in [0.4, 0.5) is 0 Å². The van der Waals surface area contributed by atoms with Gasteiger partial charge in [0.1, 0.15) is 36.7 Å². The molecule has 50 heavy (non-hydrogen) atoms. The fourth-order valence-electron chi connectivity index (χ4n) is 5.70. The summed E-state index contributed by atoms with van der Waals surface area (Å²) in [6.07, 6.45) is 17.2. The molecule has 0 aliphatic carbocycles. The molecule has 2 aliphatic heterocycles. The molecule has 2 bridgehead atoms. The molecule has 6 atom stereocenters. The van der Waals surface area contributed by atoms with Crippen molar-refractivity contribution >= 4 is 15.0 Å². The predicted molar refractivity (Wildman–Crippen MR) is 201 cm³/mol. The standard InChI is InChI=1S/C38H64O10P2/c1-28(2)13-9-15-30(5)17-11-19-32(7)21-23-44-36-35-34(47-26-49(39,40)27-50(41,42)43)25-46-38(48-35)37(36)45-24-22-33(8)20-12-18-31(6)16-10-14-29(3)4/h13-14,17-18,21-22,34-38H,9-12,15-16,19-20,23-27H2,1-8H3,(H,39,40)(H2,41,42,43)/b30-17+,31-18+,32-21+,33-22+/t34-,35-,36+,37-,38-/m1/s1. The van der Waals surface area contributed by atoms with Crippen molar-refractivity contribution in [2.24, 2.45) is 0 Å². The highest BCUT2D eigenvalue weighted by molar-refractivity contribution is 7.72. The second kappa shape index (κ2) is 22.6. The van der Waals surface area contributed by atoms with Gasteiger partial charge in [0.15, 0.2) is 6.29 Å². The Labute approximate surface area is 301 Å². The van der Waals surface area contributed by atoms with Crippen LogP contribution >= 0.6 is 15.0 Å². The van der Waals surface area contributed by atoms with Crippen LogP contribution in [0, 0.1) is 0 Å². The Morgan fingerprint density at radius 3 is 1.54 bits per heavy atom. The zero-order valence-electron chi connectivity index (χ0n) is 31.6. The molecule has 2 heterocycles. The molecular weight excluding hydrogens is 678 g/mol. The summed E-state index contributed by atoms with van der Waals surface area (Å²) in [5.41, 5.74) is 7.86. The highest BCUT2D eigenvalue weighted by Gasteiger charge is 2.54. The summed E-state index contributed by atoms with van der Waals surface area (Å²) in [5, 5.41) is 0. The molecule has 2 saturated heterocycles. The molecule has 12 heteroatoms. The van der Waals surface area contributed by atoms with Crippen molar-refractivity contribution in [1.29, 1.82) is 0 Å². The van der Waals surface area contributed by atoms with Crippen LogP contribution in [0.15, 0.2) is 69.9 Å². The molecule has 0 aromatic carbocycles. The Morgan fingerprint density at radius 2 is 1.08 bits per heavy atom. The van der Waals surface area contributed by atoms with Crippen LogP contribution in [-0.2, 0) is 32.8 Å². The van der Waals surface area contributed by atoms with Gasteiger partial charge < -0.3 is 38.4 Å². The third kappa shape index (κ3) is 18.9. The van der Waals surface area contributed by atoms with E-state index in [0.717, 1.165) is 51.4 Å². The van der Waals surface area contributed by atoms with Crippen molar-refractivity contribution in [2.75, 3.05) is 32.1 Å². The first kappa shape index (κ1) is 44.7. The largest absolute Gasteiger partial charge is 0.368 e. The number of fused-ring (bicyclic) bond motifs is 2. The van der Waals surface area contributed by atoms with Crippen LogP contribution < -0.4 is 0 Å². The van der Waals surface area contributed by atoms with Crippen LogP contribution in [0.1, 0.15) is 107 Å². The van der Waals surface area contributed by atoms with Gasteiger partial charge in [0.2, 0.25) is 7.37 Å². The van der Waals surface area contributed by atoms with Gasteiger partial charge in [-0.25, -0.2) is 0 Å². The van der Waals surface area contributed by atoms with Crippen molar-refractivity contribution in [3.63, 3.8) is 0 Å². The Kier molecular flexibility index (Phi) is 20.2. The van der Waals surface area contributed by atoms with Gasteiger partial charge in [-0.1, -0.05) is 69.9 Å². The third-order valence-electron chi connectivity index (χ3n) is 8.58. The minimum atomic E-state index is -4.71. The SMILES string of the molecule is CC(C)=CCC/C(C)=C/CC/C(C)=C/CO[C@@H]1[C@@H](OC/C=C(\C)CC/C=C(\C)CCC=C(C)C)[C@@H]2OC[C@@H](OCP(=O)(O)CP(=O)(O)O)[C@H]1O2. The van der Waals surface area contributed by atoms with Crippen molar-refractivity contribution in [2.45, 2.75) is 137 Å². The van der Waals surface area contributed by atoms with Crippen LogP contribution in [0.25, 0.3) is 0 Å². The molecule has 3 N–H and O–H groups in total. The maximum absolute atomic E-state index is 12.4. The van der Waals surface area contributed by atoms with Gasteiger partial charge >= 0.3 is 7.60 Å². The van der Waals surface area contributed by atoms with Crippen LogP contribution in [0.2, 0.25) is 0 Å². The van der Waals surface area contributed by atoms with Gasteiger partial charge in [0.25, 0.3) is 0 Å². The molecule has 0 aromatic rings. The second-order valence-electron chi connectivity index (χ2n) is 14.3. The summed E-state index contributed by atoms with van der Waals surface area (Å²) in [6, 6.07) is 0. The van der Waals surface area contributed by atoms with E-state index in [4.69, 9.17) is 23.7 Å². The quantitative estimate of drug-likeness (QED) is 0.0686. The van der Waals surface area contributed by atoms with E-state index in [2.05, 4.69) is 85.8 Å². The summed E-state index contributed by atoms with van der Waals surface area (Å²) >= 11 is 0.